The van der Waals surface area contributed by atoms with Crippen LogP contribution in [-0.2, 0) is 17.6 Å². The molecule has 1 aromatic carbocycles. The number of carboxylic acids is 1. The summed E-state index contributed by atoms with van der Waals surface area (Å²) < 4.78 is 5.55. The van der Waals surface area contributed by atoms with Gasteiger partial charge in [-0.1, -0.05) is 12.1 Å². The minimum atomic E-state index is -0.740. The number of fused-ring (bicyclic) bond motifs is 1. The second-order valence-corrected chi connectivity index (χ2v) is 6.67. The average molecular weight is 318 g/mol. The fraction of sp³-hybridized carbons (Fsp3) is 0.611. The quantitative estimate of drug-likeness (QED) is 0.864. The van der Waals surface area contributed by atoms with Gasteiger partial charge in [-0.3, -0.25) is 9.69 Å². The van der Waals surface area contributed by atoms with Crippen molar-refractivity contribution < 1.29 is 14.6 Å². The minimum Gasteiger partial charge on any atom is -0.493 e. The maximum atomic E-state index is 10.8. The third-order valence-corrected chi connectivity index (χ3v) is 5.04. The van der Waals surface area contributed by atoms with Crippen molar-refractivity contribution in [2.45, 2.75) is 31.7 Å². The molecule has 0 amide bonds. The Kier molecular flexibility index (Phi) is 5.18. The Labute approximate surface area is 137 Å². The van der Waals surface area contributed by atoms with Crippen LogP contribution in [0.3, 0.4) is 0 Å². The monoisotopic (exact) mass is 318 g/mol. The standard InChI is InChI=1S/C18H26N2O3/c1-19(13-18(21)22)16-5-9-20(10-6-16)8-4-14-2-3-17-15(12-14)7-11-23-17/h2-3,12,16H,4-11,13H2,1H3,(H,21,22). The van der Waals surface area contributed by atoms with Gasteiger partial charge < -0.3 is 14.7 Å². The number of nitrogens with zero attached hydrogens (tertiary/aromatic N) is 2. The largest absolute Gasteiger partial charge is 0.493 e. The zero-order valence-electron chi connectivity index (χ0n) is 13.8. The average Bonchev–Trinajstić information content (AvgIpc) is 3.00. The first-order valence-corrected chi connectivity index (χ1v) is 8.51. The molecule has 0 saturated carbocycles. The Morgan fingerprint density at radius 1 is 1.39 bits per heavy atom. The highest BCUT2D eigenvalue weighted by atomic mass is 16.5. The van der Waals surface area contributed by atoms with Gasteiger partial charge in [-0.05, 0) is 56.6 Å². The summed E-state index contributed by atoms with van der Waals surface area (Å²) in [7, 11) is 1.92. The van der Waals surface area contributed by atoms with E-state index in [1.54, 1.807) is 0 Å². The second-order valence-electron chi connectivity index (χ2n) is 6.67. The normalized spacial score (nSPS) is 18.9. The Morgan fingerprint density at radius 3 is 2.91 bits per heavy atom. The Hall–Kier alpha value is -1.59. The first-order chi connectivity index (χ1) is 11.1. The van der Waals surface area contributed by atoms with E-state index >= 15 is 0 Å². The van der Waals surface area contributed by atoms with E-state index in [0.717, 1.165) is 57.7 Å². The van der Waals surface area contributed by atoms with Crippen LogP contribution in [0.25, 0.3) is 0 Å². The molecule has 5 heteroatoms. The highest BCUT2D eigenvalue weighted by Crippen LogP contribution is 2.26. The van der Waals surface area contributed by atoms with Crippen LogP contribution in [0.1, 0.15) is 24.0 Å². The van der Waals surface area contributed by atoms with E-state index in [1.165, 1.54) is 11.1 Å². The lowest BCUT2D eigenvalue weighted by Gasteiger charge is -2.36. The Bertz CT molecular complexity index is 553. The van der Waals surface area contributed by atoms with Gasteiger partial charge in [-0.15, -0.1) is 0 Å². The second kappa shape index (κ2) is 7.32. The molecule has 23 heavy (non-hydrogen) atoms. The summed E-state index contributed by atoms with van der Waals surface area (Å²) in [6.07, 6.45) is 4.22. The topological polar surface area (TPSA) is 53.0 Å². The van der Waals surface area contributed by atoms with Gasteiger partial charge in [-0.2, -0.15) is 0 Å². The van der Waals surface area contributed by atoms with Gasteiger partial charge >= 0.3 is 5.97 Å². The van der Waals surface area contributed by atoms with Crippen molar-refractivity contribution in [2.24, 2.45) is 0 Å². The first-order valence-electron chi connectivity index (χ1n) is 8.51. The Balaban J connectivity index is 1.43. The van der Waals surface area contributed by atoms with E-state index in [-0.39, 0.29) is 6.54 Å². The summed E-state index contributed by atoms with van der Waals surface area (Å²) in [6, 6.07) is 6.97. The predicted octanol–water partition coefficient (Wildman–Crippen LogP) is 1.64. The van der Waals surface area contributed by atoms with E-state index < -0.39 is 5.97 Å². The number of hydrogen-bond acceptors (Lipinski definition) is 4. The number of carboxylic acid groups (broad SMARTS) is 1. The van der Waals surface area contributed by atoms with Crippen LogP contribution in [0.4, 0.5) is 0 Å². The maximum absolute atomic E-state index is 10.8. The minimum absolute atomic E-state index is 0.141. The van der Waals surface area contributed by atoms with Crippen molar-refractivity contribution in [3.8, 4) is 5.75 Å². The van der Waals surface area contributed by atoms with Gasteiger partial charge in [0.25, 0.3) is 0 Å². The number of likely N-dealkylation sites (tertiary alicyclic amines) is 1. The molecule has 2 aliphatic heterocycles. The SMILES string of the molecule is CN(CC(=O)O)C1CCN(CCc2ccc3c(c2)CCO3)CC1. The van der Waals surface area contributed by atoms with Crippen LogP contribution in [0.2, 0.25) is 0 Å². The summed E-state index contributed by atoms with van der Waals surface area (Å²) in [5.41, 5.74) is 2.73. The van der Waals surface area contributed by atoms with Gasteiger partial charge in [0, 0.05) is 19.0 Å². The van der Waals surface area contributed by atoms with Crippen molar-refractivity contribution >= 4 is 5.97 Å². The van der Waals surface area contributed by atoms with Crippen molar-refractivity contribution in [3.63, 3.8) is 0 Å². The Morgan fingerprint density at radius 2 is 2.17 bits per heavy atom. The molecule has 1 saturated heterocycles. The van der Waals surface area contributed by atoms with E-state index in [9.17, 15) is 4.79 Å². The van der Waals surface area contributed by atoms with Crippen molar-refractivity contribution in [1.29, 1.82) is 0 Å². The number of carbonyl (C=O) groups is 1. The van der Waals surface area contributed by atoms with Crippen LogP contribution >= 0.6 is 0 Å². The van der Waals surface area contributed by atoms with E-state index in [4.69, 9.17) is 9.84 Å². The molecular formula is C18H26N2O3. The fourth-order valence-corrected chi connectivity index (χ4v) is 3.61. The first kappa shape index (κ1) is 16.3. The molecule has 1 aromatic rings. The number of rotatable bonds is 6. The van der Waals surface area contributed by atoms with Crippen molar-refractivity contribution in [3.05, 3.63) is 29.3 Å². The summed E-state index contributed by atoms with van der Waals surface area (Å²) in [4.78, 5) is 15.3. The molecule has 0 aromatic heterocycles. The molecule has 3 rings (SSSR count). The highest BCUT2D eigenvalue weighted by molar-refractivity contribution is 5.69. The maximum Gasteiger partial charge on any atom is 0.317 e. The van der Waals surface area contributed by atoms with Gasteiger partial charge in [0.2, 0.25) is 0 Å². The third-order valence-electron chi connectivity index (χ3n) is 5.04. The third kappa shape index (κ3) is 4.24. The zero-order valence-corrected chi connectivity index (χ0v) is 13.8. The number of piperidine rings is 1. The van der Waals surface area contributed by atoms with Gasteiger partial charge in [0.05, 0.1) is 13.2 Å². The van der Waals surface area contributed by atoms with Crippen LogP contribution in [0.15, 0.2) is 18.2 Å². The molecule has 1 fully saturated rings. The smallest absolute Gasteiger partial charge is 0.317 e. The highest BCUT2D eigenvalue weighted by Gasteiger charge is 2.23. The van der Waals surface area contributed by atoms with Crippen LogP contribution in [-0.4, -0.2) is 66.8 Å². The lowest BCUT2D eigenvalue weighted by Crippen LogP contribution is -2.45. The number of benzene rings is 1. The number of likely N-dealkylation sites (N-methyl/N-ethyl adjacent to an activating group) is 1. The summed E-state index contributed by atoms with van der Waals surface area (Å²) in [6.45, 7) is 4.15. The summed E-state index contributed by atoms with van der Waals surface area (Å²) in [5, 5.41) is 8.88. The van der Waals surface area contributed by atoms with E-state index in [0.29, 0.717) is 6.04 Å². The molecule has 0 radical (unpaired) electrons. The molecule has 126 valence electrons. The van der Waals surface area contributed by atoms with Gasteiger partial charge in [0.1, 0.15) is 5.75 Å². The number of ether oxygens (including phenoxy) is 1. The molecule has 0 aliphatic carbocycles. The van der Waals surface area contributed by atoms with Crippen LogP contribution in [0, 0.1) is 0 Å². The van der Waals surface area contributed by atoms with Crippen LogP contribution < -0.4 is 4.74 Å². The van der Waals surface area contributed by atoms with Crippen molar-refractivity contribution in [1.82, 2.24) is 9.80 Å². The lowest BCUT2D eigenvalue weighted by molar-refractivity contribution is -0.138. The number of hydrogen-bond donors (Lipinski definition) is 1. The number of aliphatic carboxylic acids is 1. The molecule has 2 heterocycles. The van der Waals surface area contributed by atoms with E-state index in [1.807, 2.05) is 11.9 Å². The summed E-state index contributed by atoms with van der Waals surface area (Å²) >= 11 is 0. The molecule has 0 unspecified atom stereocenters. The van der Waals surface area contributed by atoms with Gasteiger partial charge in [0.15, 0.2) is 0 Å². The molecule has 2 aliphatic rings. The molecule has 0 bridgehead atoms. The molecule has 5 nitrogen and oxygen atoms in total. The molecular weight excluding hydrogens is 292 g/mol. The fourth-order valence-electron chi connectivity index (χ4n) is 3.61. The van der Waals surface area contributed by atoms with Crippen molar-refractivity contribution in [2.75, 3.05) is 39.8 Å². The molecule has 0 spiro atoms. The van der Waals surface area contributed by atoms with Crippen LogP contribution in [0.5, 0.6) is 5.75 Å². The van der Waals surface area contributed by atoms with Gasteiger partial charge in [-0.25, -0.2) is 0 Å². The summed E-state index contributed by atoms with van der Waals surface area (Å²) in [5.74, 6) is 0.312. The lowest BCUT2D eigenvalue weighted by atomic mass is 10.0. The predicted molar refractivity (Wildman–Crippen MR) is 89.1 cm³/mol. The molecule has 0 atom stereocenters. The van der Waals surface area contributed by atoms with E-state index in [2.05, 4.69) is 23.1 Å². The molecule has 1 N–H and O–H groups in total. The zero-order chi connectivity index (χ0) is 16.2.